The summed E-state index contributed by atoms with van der Waals surface area (Å²) in [4.78, 5) is 15.9. The number of nitrogen functional groups attached to an aromatic ring is 1. The molecule has 2 aromatic carbocycles. The number of aromatic nitrogens is 1. The first-order valence-corrected chi connectivity index (χ1v) is 9.66. The number of carbonyl (C=O) groups excluding carboxylic acids is 1. The second-order valence-electron chi connectivity index (χ2n) is 7.37. The average Bonchev–Trinajstić information content (AvgIpc) is 3.21. The van der Waals surface area contributed by atoms with Gasteiger partial charge in [-0.25, -0.2) is 4.39 Å². The van der Waals surface area contributed by atoms with Gasteiger partial charge in [-0.1, -0.05) is 6.08 Å². The summed E-state index contributed by atoms with van der Waals surface area (Å²) >= 11 is 0. The number of fused-ring (bicyclic) bond motifs is 1. The van der Waals surface area contributed by atoms with E-state index in [-0.39, 0.29) is 16.8 Å². The summed E-state index contributed by atoms with van der Waals surface area (Å²) in [6.45, 7) is 1.52. The predicted octanol–water partition coefficient (Wildman–Crippen LogP) is 4.54. The number of alkyl halides is 4. The number of carbonyl (C=O) groups is 1. The second kappa shape index (κ2) is 8.07. The Kier molecular flexibility index (Phi) is 5.45. The number of hydrogen-bond acceptors (Lipinski definition) is 3. The SMILES string of the molecule is Nc1cc([C@@H](F)NC(=O)c2cc(C3=CCNCC3)cc3cc[nH]c23)cc(C(F)(F)F)c1. The van der Waals surface area contributed by atoms with Gasteiger partial charge in [-0.2, -0.15) is 13.2 Å². The maximum absolute atomic E-state index is 14.8. The molecule has 31 heavy (non-hydrogen) atoms. The minimum absolute atomic E-state index is 0.208. The van der Waals surface area contributed by atoms with Crippen LogP contribution in [0.15, 0.2) is 48.7 Å². The fourth-order valence-electron chi connectivity index (χ4n) is 3.68. The van der Waals surface area contributed by atoms with Crippen LogP contribution >= 0.6 is 0 Å². The Morgan fingerprint density at radius 1 is 1.16 bits per heavy atom. The lowest BCUT2D eigenvalue weighted by atomic mass is 9.96. The molecule has 0 radical (unpaired) electrons. The van der Waals surface area contributed by atoms with Crippen LogP contribution in [0.1, 0.15) is 39.8 Å². The van der Waals surface area contributed by atoms with Crippen LogP contribution in [0.4, 0.5) is 23.2 Å². The molecular formula is C22H20F4N4O. The van der Waals surface area contributed by atoms with Gasteiger partial charge in [0.1, 0.15) is 0 Å². The van der Waals surface area contributed by atoms with Crippen molar-refractivity contribution in [3.05, 3.63) is 70.9 Å². The van der Waals surface area contributed by atoms with Gasteiger partial charge < -0.3 is 21.4 Å². The molecular weight excluding hydrogens is 412 g/mol. The summed E-state index contributed by atoms with van der Waals surface area (Å²) in [5.41, 5.74) is 6.45. The van der Waals surface area contributed by atoms with Gasteiger partial charge in [-0.3, -0.25) is 4.79 Å². The second-order valence-corrected chi connectivity index (χ2v) is 7.37. The maximum Gasteiger partial charge on any atom is 0.416 e. The van der Waals surface area contributed by atoms with Crippen molar-refractivity contribution in [3.63, 3.8) is 0 Å². The van der Waals surface area contributed by atoms with Gasteiger partial charge in [0.2, 0.25) is 0 Å². The van der Waals surface area contributed by atoms with Gasteiger partial charge in [-0.15, -0.1) is 0 Å². The van der Waals surface area contributed by atoms with Crippen molar-refractivity contribution in [1.29, 1.82) is 0 Å². The summed E-state index contributed by atoms with van der Waals surface area (Å²) in [5.74, 6) is -0.743. The van der Waals surface area contributed by atoms with Gasteiger partial charge in [-0.05, 0) is 60.5 Å². The Labute approximate surface area is 175 Å². The topological polar surface area (TPSA) is 82.9 Å². The first-order valence-electron chi connectivity index (χ1n) is 9.66. The molecule has 3 aromatic rings. The highest BCUT2D eigenvalue weighted by molar-refractivity contribution is 6.07. The third kappa shape index (κ3) is 4.41. The van der Waals surface area contributed by atoms with E-state index in [4.69, 9.17) is 5.73 Å². The quantitative estimate of drug-likeness (QED) is 0.277. The van der Waals surface area contributed by atoms with Crippen LogP contribution in [0.2, 0.25) is 0 Å². The van der Waals surface area contributed by atoms with Crippen molar-refractivity contribution in [2.75, 3.05) is 18.8 Å². The number of amides is 1. The van der Waals surface area contributed by atoms with E-state index in [1.165, 1.54) is 0 Å². The number of anilines is 1. The number of H-pyrrole nitrogens is 1. The van der Waals surface area contributed by atoms with Crippen LogP contribution < -0.4 is 16.4 Å². The van der Waals surface area contributed by atoms with Crippen LogP contribution in [0, 0.1) is 0 Å². The van der Waals surface area contributed by atoms with Crippen molar-refractivity contribution >= 4 is 28.1 Å². The van der Waals surface area contributed by atoms with Crippen molar-refractivity contribution in [1.82, 2.24) is 15.6 Å². The monoisotopic (exact) mass is 432 g/mol. The van der Waals surface area contributed by atoms with Crippen LogP contribution in [0.5, 0.6) is 0 Å². The smallest absolute Gasteiger partial charge is 0.399 e. The third-order valence-corrected chi connectivity index (χ3v) is 5.19. The molecule has 0 fully saturated rings. The number of nitrogens with two attached hydrogens (primary N) is 1. The number of benzene rings is 2. The molecule has 1 aliphatic heterocycles. The van der Waals surface area contributed by atoms with Crippen LogP contribution in [-0.2, 0) is 6.18 Å². The zero-order valence-electron chi connectivity index (χ0n) is 16.3. The molecule has 1 aliphatic rings. The van der Waals surface area contributed by atoms with Gasteiger partial charge in [0.15, 0.2) is 6.30 Å². The zero-order valence-corrected chi connectivity index (χ0v) is 16.3. The molecule has 0 spiro atoms. The Bertz CT molecular complexity index is 1170. The average molecular weight is 432 g/mol. The molecule has 5 N–H and O–H groups in total. The van der Waals surface area contributed by atoms with Crippen molar-refractivity contribution in [3.8, 4) is 0 Å². The molecule has 4 rings (SSSR count). The number of hydrogen-bond donors (Lipinski definition) is 4. The molecule has 1 aromatic heterocycles. The van der Waals surface area contributed by atoms with Crippen molar-refractivity contribution < 1.29 is 22.4 Å². The van der Waals surface area contributed by atoms with E-state index in [1.54, 1.807) is 18.3 Å². The van der Waals surface area contributed by atoms with Gasteiger partial charge >= 0.3 is 6.18 Å². The van der Waals surface area contributed by atoms with Crippen LogP contribution in [0.3, 0.4) is 0 Å². The van der Waals surface area contributed by atoms with Gasteiger partial charge in [0.25, 0.3) is 5.91 Å². The van der Waals surface area contributed by atoms with Gasteiger partial charge in [0, 0.05) is 29.4 Å². The molecule has 0 unspecified atom stereocenters. The summed E-state index contributed by atoms with van der Waals surface area (Å²) in [7, 11) is 0. The minimum Gasteiger partial charge on any atom is -0.399 e. The fraction of sp³-hybridized carbons (Fsp3) is 0.227. The summed E-state index contributed by atoms with van der Waals surface area (Å²) in [6.07, 6.45) is -2.36. The van der Waals surface area contributed by atoms with Crippen molar-refractivity contribution in [2.24, 2.45) is 0 Å². The fourth-order valence-corrected chi connectivity index (χ4v) is 3.68. The van der Waals surface area contributed by atoms with E-state index < -0.39 is 23.9 Å². The summed E-state index contributed by atoms with van der Waals surface area (Å²) in [5, 5.41) is 6.14. The number of aromatic amines is 1. The molecule has 0 saturated heterocycles. The molecule has 2 heterocycles. The minimum atomic E-state index is -4.68. The Morgan fingerprint density at radius 2 is 1.97 bits per heavy atom. The highest BCUT2D eigenvalue weighted by Gasteiger charge is 2.32. The predicted molar refractivity (Wildman–Crippen MR) is 111 cm³/mol. The van der Waals surface area contributed by atoms with E-state index in [0.29, 0.717) is 18.1 Å². The zero-order chi connectivity index (χ0) is 22.2. The largest absolute Gasteiger partial charge is 0.416 e. The number of rotatable bonds is 4. The summed E-state index contributed by atoms with van der Waals surface area (Å²) in [6, 6.07) is 7.84. The highest BCUT2D eigenvalue weighted by Crippen LogP contribution is 2.33. The summed E-state index contributed by atoms with van der Waals surface area (Å²) < 4.78 is 53.9. The van der Waals surface area contributed by atoms with Gasteiger partial charge in [0.05, 0.1) is 16.6 Å². The van der Waals surface area contributed by atoms with E-state index in [9.17, 15) is 22.4 Å². The number of halogens is 4. The molecule has 5 nitrogen and oxygen atoms in total. The molecule has 0 bridgehead atoms. The first-order chi connectivity index (χ1) is 14.7. The third-order valence-electron chi connectivity index (χ3n) is 5.19. The standard InChI is InChI=1S/C22H20F4N4O/c23-20(15-8-16(22(24,25)26)11-17(27)9-15)30-21(31)18-10-14(12-1-4-28-5-2-12)7-13-3-6-29-19(13)18/h1,3,6-11,20,28-29H,2,4-5,27H2,(H,30,31)/t20-/m0/s1. The first kappa shape index (κ1) is 20.9. The Hall–Kier alpha value is -3.33. The lowest BCUT2D eigenvalue weighted by molar-refractivity contribution is -0.137. The normalized spacial score (nSPS) is 15.5. The van der Waals surface area contributed by atoms with Crippen LogP contribution in [0.25, 0.3) is 16.5 Å². The lowest BCUT2D eigenvalue weighted by Gasteiger charge is -2.17. The number of nitrogens with one attached hydrogen (secondary N) is 3. The Balaban J connectivity index is 1.65. The van der Waals surface area contributed by atoms with E-state index in [0.717, 1.165) is 41.6 Å². The van der Waals surface area contributed by atoms with Crippen molar-refractivity contribution in [2.45, 2.75) is 18.9 Å². The van der Waals surface area contributed by atoms with E-state index in [1.807, 2.05) is 12.1 Å². The maximum atomic E-state index is 14.8. The molecule has 0 aliphatic carbocycles. The highest BCUT2D eigenvalue weighted by atomic mass is 19.4. The molecule has 0 saturated carbocycles. The molecule has 1 atom stereocenters. The van der Waals surface area contributed by atoms with E-state index >= 15 is 0 Å². The molecule has 1 amide bonds. The molecule has 9 heteroatoms. The van der Waals surface area contributed by atoms with Crippen LogP contribution in [-0.4, -0.2) is 24.0 Å². The lowest BCUT2D eigenvalue weighted by Crippen LogP contribution is -2.27. The van der Waals surface area contributed by atoms with E-state index in [2.05, 4.69) is 15.6 Å². The molecule has 162 valence electrons. The Morgan fingerprint density at radius 3 is 2.68 bits per heavy atom.